The molecule has 1 atom stereocenters. The van der Waals surface area contributed by atoms with Crippen LogP contribution in [-0.4, -0.2) is 61.7 Å². The van der Waals surface area contributed by atoms with Crippen LogP contribution in [0.4, 0.5) is 0 Å². The van der Waals surface area contributed by atoms with E-state index in [0.29, 0.717) is 0 Å². The molecule has 118 valence electrons. The molecule has 0 spiro atoms. The van der Waals surface area contributed by atoms with Gasteiger partial charge in [0, 0.05) is 19.1 Å². The second kappa shape index (κ2) is 8.57. The van der Waals surface area contributed by atoms with Gasteiger partial charge in [-0.3, -0.25) is 4.90 Å². The lowest BCUT2D eigenvalue weighted by Gasteiger charge is -2.35. The highest BCUT2D eigenvalue weighted by Crippen LogP contribution is 2.23. The van der Waals surface area contributed by atoms with Crippen LogP contribution in [0, 0.1) is 5.92 Å². The SMILES string of the molecule is C1CCN(CC2CCCN2CC2CCNCC2)CC1.Cl. The van der Waals surface area contributed by atoms with Crippen LogP contribution in [0.25, 0.3) is 0 Å². The minimum Gasteiger partial charge on any atom is -0.317 e. The summed E-state index contributed by atoms with van der Waals surface area (Å²) in [5.74, 6) is 0.961. The number of nitrogens with one attached hydrogen (secondary N) is 1. The second-order valence-corrected chi connectivity index (χ2v) is 6.85. The first-order chi connectivity index (χ1) is 9.42. The highest BCUT2D eigenvalue weighted by molar-refractivity contribution is 5.85. The maximum absolute atomic E-state index is 3.49. The van der Waals surface area contributed by atoms with Crippen molar-refractivity contribution in [2.45, 2.75) is 51.0 Å². The van der Waals surface area contributed by atoms with Crippen molar-refractivity contribution in [3.05, 3.63) is 0 Å². The van der Waals surface area contributed by atoms with Crippen LogP contribution in [0.1, 0.15) is 44.9 Å². The first-order valence-corrected chi connectivity index (χ1v) is 8.59. The zero-order valence-corrected chi connectivity index (χ0v) is 13.7. The third kappa shape index (κ3) is 4.59. The number of halogens is 1. The Hall–Kier alpha value is 0.170. The van der Waals surface area contributed by atoms with E-state index in [1.165, 1.54) is 90.8 Å². The van der Waals surface area contributed by atoms with E-state index >= 15 is 0 Å². The molecule has 0 bridgehead atoms. The van der Waals surface area contributed by atoms with E-state index in [4.69, 9.17) is 0 Å². The summed E-state index contributed by atoms with van der Waals surface area (Å²) >= 11 is 0. The monoisotopic (exact) mass is 301 g/mol. The zero-order valence-electron chi connectivity index (χ0n) is 12.9. The first-order valence-electron chi connectivity index (χ1n) is 8.59. The molecule has 3 heterocycles. The molecule has 3 saturated heterocycles. The van der Waals surface area contributed by atoms with Crippen LogP contribution in [0.15, 0.2) is 0 Å². The summed E-state index contributed by atoms with van der Waals surface area (Å²) in [5.41, 5.74) is 0. The van der Waals surface area contributed by atoms with Crippen LogP contribution in [0.5, 0.6) is 0 Å². The van der Waals surface area contributed by atoms with Crippen LogP contribution >= 0.6 is 12.4 Å². The van der Waals surface area contributed by atoms with E-state index in [9.17, 15) is 0 Å². The van der Waals surface area contributed by atoms with Gasteiger partial charge in [0.1, 0.15) is 0 Å². The molecule has 0 aliphatic carbocycles. The zero-order chi connectivity index (χ0) is 12.9. The maximum Gasteiger partial charge on any atom is 0.0223 e. The summed E-state index contributed by atoms with van der Waals surface area (Å²) < 4.78 is 0. The lowest BCUT2D eigenvalue weighted by atomic mass is 9.97. The van der Waals surface area contributed by atoms with Crippen LogP contribution < -0.4 is 5.32 Å². The molecule has 0 amide bonds. The number of rotatable bonds is 4. The van der Waals surface area contributed by atoms with Crippen LogP contribution in [0.2, 0.25) is 0 Å². The minimum absolute atomic E-state index is 0. The van der Waals surface area contributed by atoms with Gasteiger partial charge in [0.25, 0.3) is 0 Å². The molecule has 0 radical (unpaired) electrons. The minimum atomic E-state index is 0. The van der Waals surface area contributed by atoms with Gasteiger partial charge in [-0.1, -0.05) is 6.42 Å². The van der Waals surface area contributed by atoms with E-state index in [1.807, 2.05) is 0 Å². The molecule has 1 unspecified atom stereocenters. The van der Waals surface area contributed by atoms with Gasteiger partial charge in [0.15, 0.2) is 0 Å². The van der Waals surface area contributed by atoms with Gasteiger partial charge in [0.05, 0.1) is 0 Å². The van der Waals surface area contributed by atoms with Gasteiger partial charge < -0.3 is 10.2 Å². The largest absolute Gasteiger partial charge is 0.317 e. The normalized spacial score (nSPS) is 30.3. The van der Waals surface area contributed by atoms with Crippen LogP contribution in [0.3, 0.4) is 0 Å². The Morgan fingerprint density at radius 1 is 0.800 bits per heavy atom. The molecule has 3 nitrogen and oxygen atoms in total. The van der Waals surface area contributed by atoms with Gasteiger partial charge in [-0.05, 0) is 77.2 Å². The summed E-state index contributed by atoms with van der Waals surface area (Å²) in [5, 5.41) is 3.49. The molecule has 4 heteroatoms. The van der Waals surface area contributed by atoms with Crippen molar-refractivity contribution in [2.24, 2.45) is 5.92 Å². The smallest absolute Gasteiger partial charge is 0.0223 e. The van der Waals surface area contributed by atoms with E-state index in [1.54, 1.807) is 0 Å². The molecule has 0 saturated carbocycles. The molecular weight excluding hydrogens is 270 g/mol. The van der Waals surface area contributed by atoms with Crippen molar-refractivity contribution in [1.82, 2.24) is 15.1 Å². The Bertz CT molecular complexity index is 236. The average molecular weight is 302 g/mol. The number of likely N-dealkylation sites (tertiary alicyclic amines) is 2. The van der Waals surface area contributed by atoms with Gasteiger partial charge in [0.2, 0.25) is 0 Å². The summed E-state index contributed by atoms with van der Waals surface area (Å²) in [6, 6.07) is 0.869. The van der Waals surface area contributed by atoms with Gasteiger partial charge >= 0.3 is 0 Å². The Labute approximate surface area is 130 Å². The molecule has 3 aliphatic rings. The Balaban J connectivity index is 0.00000147. The first kappa shape index (κ1) is 16.5. The molecule has 1 N–H and O–H groups in total. The molecule has 0 aromatic rings. The lowest BCUT2D eigenvalue weighted by molar-refractivity contribution is 0.133. The predicted molar refractivity (Wildman–Crippen MR) is 87.7 cm³/mol. The summed E-state index contributed by atoms with van der Waals surface area (Å²) in [7, 11) is 0. The standard InChI is InChI=1S/C16H31N3.ClH/c1-2-10-18(11-3-1)14-16-5-4-12-19(16)13-15-6-8-17-9-7-15;/h15-17H,1-14H2;1H. The highest BCUT2D eigenvalue weighted by Gasteiger charge is 2.29. The Kier molecular flexibility index (Phi) is 7.09. The third-order valence-corrected chi connectivity index (χ3v) is 5.37. The maximum atomic E-state index is 3.49. The van der Waals surface area contributed by atoms with E-state index in [2.05, 4.69) is 15.1 Å². The quantitative estimate of drug-likeness (QED) is 0.860. The number of piperidine rings is 2. The van der Waals surface area contributed by atoms with E-state index in [-0.39, 0.29) is 12.4 Å². The van der Waals surface area contributed by atoms with Crippen molar-refractivity contribution in [3.63, 3.8) is 0 Å². The topological polar surface area (TPSA) is 18.5 Å². The Morgan fingerprint density at radius 2 is 1.55 bits per heavy atom. The Morgan fingerprint density at radius 3 is 2.30 bits per heavy atom. The van der Waals surface area contributed by atoms with Gasteiger partial charge in [-0.15, -0.1) is 12.4 Å². The predicted octanol–water partition coefficient (Wildman–Crippen LogP) is 2.36. The lowest BCUT2D eigenvalue weighted by Crippen LogP contribution is -2.45. The summed E-state index contributed by atoms with van der Waals surface area (Å²) in [6.45, 7) is 9.30. The van der Waals surface area contributed by atoms with Crippen molar-refractivity contribution < 1.29 is 0 Å². The summed E-state index contributed by atoms with van der Waals surface area (Å²) in [6.07, 6.45) is 9.99. The van der Waals surface area contributed by atoms with E-state index in [0.717, 1.165) is 12.0 Å². The number of nitrogens with zero attached hydrogens (tertiary/aromatic N) is 2. The number of hydrogen-bond donors (Lipinski definition) is 1. The van der Waals surface area contributed by atoms with Gasteiger partial charge in [-0.2, -0.15) is 0 Å². The molecule has 3 aliphatic heterocycles. The van der Waals surface area contributed by atoms with E-state index < -0.39 is 0 Å². The average Bonchev–Trinajstić information content (AvgIpc) is 2.88. The van der Waals surface area contributed by atoms with Crippen molar-refractivity contribution in [1.29, 1.82) is 0 Å². The van der Waals surface area contributed by atoms with Crippen molar-refractivity contribution >= 4 is 12.4 Å². The third-order valence-electron chi connectivity index (χ3n) is 5.37. The molecule has 3 rings (SSSR count). The summed E-state index contributed by atoms with van der Waals surface area (Å²) in [4.78, 5) is 5.56. The van der Waals surface area contributed by atoms with Crippen molar-refractivity contribution in [2.75, 3.05) is 45.8 Å². The molecule has 20 heavy (non-hydrogen) atoms. The fourth-order valence-electron chi connectivity index (χ4n) is 4.18. The van der Waals surface area contributed by atoms with Gasteiger partial charge in [-0.25, -0.2) is 0 Å². The fraction of sp³-hybridized carbons (Fsp3) is 1.00. The molecule has 3 fully saturated rings. The fourth-order valence-corrected chi connectivity index (χ4v) is 4.18. The second-order valence-electron chi connectivity index (χ2n) is 6.85. The highest BCUT2D eigenvalue weighted by atomic mass is 35.5. The molecule has 0 aromatic carbocycles. The number of hydrogen-bond acceptors (Lipinski definition) is 3. The van der Waals surface area contributed by atoms with Crippen molar-refractivity contribution in [3.8, 4) is 0 Å². The molecule has 0 aromatic heterocycles. The molecular formula is C16H32ClN3. The van der Waals surface area contributed by atoms with Crippen LogP contribution in [-0.2, 0) is 0 Å².